The van der Waals surface area contributed by atoms with E-state index in [1.54, 1.807) is 5.38 Å². The molecule has 0 bridgehead atoms. The molecule has 3 nitrogen and oxygen atoms in total. The molecular formula is C5H6ClNO2S. The molecular weight excluding hydrogens is 174 g/mol. The summed E-state index contributed by atoms with van der Waals surface area (Å²) >= 11 is 1.29. The lowest BCUT2D eigenvalue weighted by atomic mass is 10.3. The summed E-state index contributed by atoms with van der Waals surface area (Å²) in [6.07, 6.45) is 0. The van der Waals surface area contributed by atoms with Crippen LogP contribution in [-0.4, -0.2) is 11.1 Å². The predicted octanol–water partition coefficient (Wildman–Crippen LogP) is 1.45. The third kappa shape index (κ3) is 1.62. The minimum atomic E-state index is -0.964. The van der Waals surface area contributed by atoms with Gasteiger partial charge < -0.3 is 10.8 Å². The lowest BCUT2D eigenvalue weighted by molar-refractivity contribution is 0.0698. The maximum absolute atomic E-state index is 10.2. The predicted molar refractivity (Wildman–Crippen MR) is 42.9 cm³/mol. The Balaban J connectivity index is 0.000000810. The smallest absolute Gasteiger partial charge is 0.338 e. The zero-order valence-corrected chi connectivity index (χ0v) is 6.54. The minimum Gasteiger partial charge on any atom is -0.478 e. The number of carboxylic acid groups (broad SMARTS) is 1. The standard InChI is InChI=1S/C5H5NO2S.ClH/c6-4-2-9-1-3(4)5(7)8;/h1-2H,6H2,(H,7,8);1H. The summed E-state index contributed by atoms with van der Waals surface area (Å²) in [5.41, 5.74) is 5.81. The number of halogens is 1. The molecule has 0 aliphatic heterocycles. The molecule has 1 rings (SSSR count). The van der Waals surface area contributed by atoms with Crippen molar-refractivity contribution in [3.63, 3.8) is 0 Å². The lowest BCUT2D eigenvalue weighted by Gasteiger charge is -1.86. The van der Waals surface area contributed by atoms with E-state index in [0.29, 0.717) is 5.69 Å². The molecule has 5 heteroatoms. The van der Waals surface area contributed by atoms with Crippen molar-refractivity contribution in [3.05, 3.63) is 16.3 Å². The maximum atomic E-state index is 10.2. The number of anilines is 1. The van der Waals surface area contributed by atoms with Gasteiger partial charge in [0.1, 0.15) is 0 Å². The zero-order valence-electron chi connectivity index (χ0n) is 4.90. The maximum Gasteiger partial charge on any atom is 0.338 e. The average molecular weight is 180 g/mol. The van der Waals surface area contributed by atoms with Crippen molar-refractivity contribution >= 4 is 35.4 Å². The molecule has 0 aliphatic rings. The molecule has 0 unspecified atom stereocenters. The van der Waals surface area contributed by atoms with E-state index in [-0.39, 0.29) is 18.0 Å². The van der Waals surface area contributed by atoms with Gasteiger partial charge in [-0.05, 0) is 0 Å². The first kappa shape index (κ1) is 9.26. The second kappa shape index (κ2) is 3.43. The highest BCUT2D eigenvalue weighted by Gasteiger charge is 2.06. The first-order chi connectivity index (χ1) is 4.22. The molecule has 56 valence electrons. The van der Waals surface area contributed by atoms with Crippen molar-refractivity contribution in [1.29, 1.82) is 0 Å². The largest absolute Gasteiger partial charge is 0.478 e. The second-order valence-corrected chi connectivity index (χ2v) is 2.29. The van der Waals surface area contributed by atoms with Crippen LogP contribution in [0.3, 0.4) is 0 Å². The zero-order chi connectivity index (χ0) is 6.85. The highest BCUT2D eigenvalue weighted by molar-refractivity contribution is 7.08. The number of nitrogens with two attached hydrogens (primary N) is 1. The summed E-state index contributed by atoms with van der Waals surface area (Å²) in [7, 11) is 0. The fourth-order valence-electron chi connectivity index (χ4n) is 0.481. The Kier molecular flexibility index (Phi) is 3.18. The summed E-state index contributed by atoms with van der Waals surface area (Å²) in [6.45, 7) is 0. The van der Waals surface area contributed by atoms with Crippen molar-refractivity contribution in [3.8, 4) is 0 Å². The van der Waals surface area contributed by atoms with Crippen LogP contribution in [0, 0.1) is 0 Å². The third-order valence-corrected chi connectivity index (χ3v) is 1.68. The van der Waals surface area contributed by atoms with E-state index in [1.807, 2.05) is 0 Å². The van der Waals surface area contributed by atoms with Crippen molar-refractivity contribution in [2.24, 2.45) is 0 Å². The van der Waals surface area contributed by atoms with Crippen LogP contribution in [0.25, 0.3) is 0 Å². The molecule has 1 aromatic rings. The Morgan fingerprint density at radius 2 is 2.20 bits per heavy atom. The molecule has 0 radical (unpaired) electrons. The third-order valence-electron chi connectivity index (χ3n) is 0.922. The van der Waals surface area contributed by atoms with Crippen LogP contribution in [0.5, 0.6) is 0 Å². The van der Waals surface area contributed by atoms with Crippen LogP contribution in [0.2, 0.25) is 0 Å². The van der Waals surface area contributed by atoms with Crippen LogP contribution in [-0.2, 0) is 0 Å². The van der Waals surface area contributed by atoms with Gasteiger partial charge in [0.25, 0.3) is 0 Å². The van der Waals surface area contributed by atoms with Gasteiger partial charge in [-0.2, -0.15) is 0 Å². The van der Waals surface area contributed by atoms with Gasteiger partial charge in [-0.1, -0.05) is 0 Å². The summed E-state index contributed by atoms with van der Waals surface area (Å²) < 4.78 is 0. The van der Waals surface area contributed by atoms with Gasteiger partial charge in [0, 0.05) is 10.8 Å². The molecule has 1 heterocycles. The van der Waals surface area contributed by atoms with Crippen molar-refractivity contribution < 1.29 is 9.90 Å². The average Bonchev–Trinajstić information content (AvgIpc) is 2.13. The monoisotopic (exact) mass is 179 g/mol. The van der Waals surface area contributed by atoms with Gasteiger partial charge >= 0.3 is 5.97 Å². The highest BCUT2D eigenvalue weighted by Crippen LogP contribution is 2.15. The van der Waals surface area contributed by atoms with Crippen molar-refractivity contribution in [1.82, 2.24) is 0 Å². The van der Waals surface area contributed by atoms with Crippen molar-refractivity contribution in [2.45, 2.75) is 0 Å². The quantitative estimate of drug-likeness (QED) is 0.686. The Hall–Kier alpha value is -0.740. The number of aromatic carboxylic acids is 1. The molecule has 0 atom stereocenters. The van der Waals surface area contributed by atoms with E-state index in [1.165, 1.54) is 16.7 Å². The molecule has 0 saturated carbocycles. The second-order valence-electron chi connectivity index (χ2n) is 1.55. The van der Waals surface area contributed by atoms with Crippen LogP contribution in [0.4, 0.5) is 5.69 Å². The Morgan fingerprint density at radius 1 is 1.60 bits per heavy atom. The minimum absolute atomic E-state index is 0. The van der Waals surface area contributed by atoms with E-state index >= 15 is 0 Å². The highest BCUT2D eigenvalue weighted by atomic mass is 35.5. The van der Waals surface area contributed by atoms with Crippen LogP contribution in [0.15, 0.2) is 10.8 Å². The van der Waals surface area contributed by atoms with Crippen LogP contribution in [0.1, 0.15) is 10.4 Å². The van der Waals surface area contributed by atoms with Gasteiger partial charge in [0.05, 0.1) is 11.3 Å². The van der Waals surface area contributed by atoms with E-state index in [4.69, 9.17) is 10.8 Å². The van der Waals surface area contributed by atoms with Gasteiger partial charge in [-0.25, -0.2) is 4.79 Å². The fraction of sp³-hybridized carbons (Fsp3) is 0. The number of thiophene rings is 1. The lowest BCUT2D eigenvalue weighted by Crippen LogP contribution is -1.97. The molecule has 0 aliphatic carbocycles. The van der Waals surface area contributed by atoms with Crippen LogP contribution >= 0.6 is 23.7 Å². The number of carboxylic acids is 1. The summed E-state index contributed by atoms with van der Waals surface area (Å²) in [5, 5.41) is 11.5. The van der Waals surface area contributed by atoms with Gasteiger partial charge in [0.15, 0.2) is 0 Å². The molecule has 0 saturated heterocycles. The normalized spacial score (nSPS) is 8.40. The van der Waals surface area contributed by atoms with E-state index in [2.05, 4.69) is 0 Å². The Morgan fingerprint density at radius 3 is 2.40 bits per heavy atom. The Bertz CT molecular complexity index is 235. The number of hydrogen-bond acceptors (Lipinski definition) is 3. The first-order valence-corrected chi connectivity index (χ1v) is 3.21. The summed E-state index contributed by atoms with van der Waals surface area (Å²) in [5.74, 6) is -0.964. The first-order valence-electron chi connectivity index (χ1n) is 2.27. The Labute approximate surface area is 67.9 Å². The number of hydrogen-bond donors (Lipinski definition) is 2. The molecule has 0 amide bonds. The SMILES string of the molecule is Cl.Nc1cscc1C(=O)O. The molecule has 3 N–H and O–H groups in total. The van der Waals surface area contributed by atoms with Crippen LogP contribution < -0.4 is 5.73 Å². The topological polar surface area (TPSA) is 63.3 Å². The summed E-state index contributed by atoms with van der Waals surface area (Å²) in [4.78, 5) is 10.2. The van der Waals surface area contributed by atoms with Crippen molar-refractivity contribution in [2.75, 3.05) is 5.73 Å². The molecule has 0 aromatic carbocycles. The van der Waals surface area contributed by atoms with E-state index in [0.717, 1.165) is 0 Å². The van der Waals surface area contributed by atoms with Gasteiger partial charge in [0.2, 0.25) is 0 Å². The number of rotatable bonds is 1. The fourth-order valence-corrected chi connectivity index (χ4v) is 1.20. The van der Waals surface area contributed by atoms with E-state index < -0.39 is 5.97 Å². The molecule has 0 fully saturated rings. The molecule has 1 aromatic heterocycles. The summed E-state index contributed by atoms with van der Waals surface area (Å²) in [6, 6.07) is 0. The molecule has 0 spiro atoms. The van der Waals surface area contributed by atoms with Gasteiger partial charge in [-0.3, -0.25) is 0 Å². The van der Waals surface area contributed by atoms with Gasteiger partial charge in [-0.15, -0.1) is 23.7 Å². The number of nitrogen functional groups attached to an aromatic ring is 1. The number of carbonyl (C=O) groups is 1. The van der Waals surface area contributed by atoms with E-state index in [9.17, 15) is 4.79 Å². The molecule has 10 heavy (non-hydrogen) atoms.